The maximum absolute atomic E-state index is 9.67. The predicted octanol–water partition coefficient (Wildman–Crippen LogP) is 3.98. The highest BCUT2D eigenvalue weighted by atomic mass is 16.3. The van der Waals surface area contributed by atoms with E-state index in [1.807, 2.05) is 18.2 Å². The van der Waals surface area contributed by atoms with Crippen LogP contribution >= 0.6 is 0 Å². The highest BCUT2D eigenvalue weighted by molar-refractivity contribution is 5.92. The summed E-state index contributed by atoms with van der Waals surface area (Å²) >= 11 is 0. The molecule has 21 heavy (non-hydrogen) atoms. The Kier molecular flexibility index (Phi) is 3.73. The normalized spacial score (nSPS) is 12.2. The summed E-state index contributed by atoms with van der Waals surface area (Å²) in [7, 11) is 0. The predicted molar refractivity (Wildman–Crippen MR) is 86.6 cm³/mol. The van der Waals surface area contributed by atoms with Crippen LogP contribution < -0.4 is 5.32 Å². The average molecular weight is 278 g/mol. The third-order valence-corrected chi connectivity index (χ3v) is 3.52. The van der Waals surface area contributed by atoms with Gasteiger partial charge in [0.1, 0.15) is 11.6 Å². The van der Waals surface area contributed by atoms with Crippen LogP contribution in [0.4, 0.5) is 5.82 Å². The number of hydrogen-bond donors (Lipinski definition) is 2. The van der Waals surface area contributed by atoms with Crippen LogP contribution in [0.2, 0.25) is 0 Å². The van der Waals surface area contributed by atoms with E-state index in [9.17, 15) is 5.11 Å². The number of nitrogens with one attached hydrogen (secondary N) is 1. The molecule has 2 aromatic carbocycles. The molecule has 106 valence electrons. The molecular weight excluding hydrogens is 260 g/mol. The van der Waals surface area contributed by atoms with Crippen molar-refractivity contribution >= 4 is 16.6 Å². The van der Waals surface area contributed by atoms with Crippen LogP contribution in [0.5, 0.6) is 5.75 Å². The zero-order valence-electron chi connectivity index (χ0n) is 12.0. The maximum atomic E-state index is 9.67. The van der Waals surface area contributed by atoms with Crippen molar-refractivity contribution in [3.63, 3.8) is 0 Å². The van der Waals surface area contributed by atoms with Gasteiger partial charge in [0, 0.05) is 17.6 Å². The number of hydrogen-bond acceptors (Lipinski definition) is 3. The number of phenols is 1. The summed E-state index contributed by atoms with van der Waals surface area (Å²) in [4.78, 5) is 4.41. The second-order valence-electron chi connectivity index (χ2n) is 5.30. The van der Waals surface area contributed by atoms with Gasteiger partial charge in [0.15, 0.2) is 0 Å². The molecule has 3 nitrogen and oxygen atoms in total. The number of anilines is 1. The van der Waals surface area contributed by atoms with E-state index in [1.165, 1.54) is 5.56 Å². The summed E-state index contributed by atoms with van der Waals surface area (Å²) in [5.74, 6) is 1.07. The number of benzene rings is 2. The molecule has 1 aromatic heterocycles. The monoisotopic (exact) mass is 278 g/mol. The molecule has 1 unspecified atom stereocenters. The second kappa shape index (κ2) is 5.83. The Morgan fingerprint density at radius 3 is 2.71 bits per heavy atom. The Balaban J connectivity index is 1.83. The van der Waals surface area contributed by atoms with E-state index in [1.54, 1.807) is 18.3 Å². The molecule has 0 aliphatic rings. The smallest absolute Gasteiger partial charge is 0.134 e. The molecule has 2 N–H and O–H groups in total. The fourth-order valence-corrected chi connectivity index (χ4v) is 2.52. The van der Waals surface area contributed by atoms with E-state index in [0.29, 0.717) is 0 Å². The summed E-state index contributed by atoms with van der Waals surface area (Å²) in [6.45, 7) is 2.14. The van der Waals surface area contributed by atoms with Gasteiger partial charge < -0.3 is 10.4 Å². The van der Waals surface area contributed by atoms with Crippen LogP contribution in [0.1, 0.15) is 12.5 Å². The number of fused-ring (bicyclic) bond motifs is 1. The first-order valence-electron chi connectivity index (χ1n) is 7.10. The minimum Gasteiger partial charge on any atom is -0.508 e. The molecule has 0 aliphatic heterocycles. The number of rotatable bonds is 4. The van der Waals surface area contributed by atoms with Crippen molar-refractivity contribution in [2.24, 2.45) is 0 Å². The third kappa shape index (κ3) is 3.14. The van der Waals surface area contributed by atoms with Crippen LogP contribution in [0.15, 0.2) is 60.8 Å². The lowest BCUT2D eigenvalue weighted by Gasteiger charge is -2.16. The number of nitrogens with zero attached hydrogens (tertiary/aromatic N) is 1. The number of phenolic OH excluding ortho intramolecular Hbond substituents is 1. The van der Waals surface area contributed by atoms with Crippen molar-refractivity contribution < 1.29 is 5.11 Å². The first-order chi connectivity index (χ1) is 10.2. The van der Waals surface area contributed by atoms with Crippen LogP contribution in [-0.4, -0.2) is 16.1 Å². The largest absolute Gasteiger partial charge is 0.508 e. The zero-order valence-corrected chi connectivity index (χ0v) is 12.0. The second-order valence-corrected chi connectivity index (χ2v) is 5.30. The summed E-state index contributed by atoms with van der Waals surface area (Å²) in [6.07, 6.45) is 2.72. The van der Waals surface area contributed by atoms with Crippen LogP contribution in [0, 0.1) is 0 Å². The third-order valence-electron chi connectivity index (χ3n) is 3.52. The summed E-state index contributed by atoms with van der Waals surface area (Å²) in [5, 5.41) is 15.1. The fraction of sp³-hybridized carbons (Fsp3) is 0.167. The van der Waals surface area contributed by atoms with Crippen LogP contribution in [0.25, 0.3) is 10.8 Å². The van der Waals surface area contributed by atoms with Gasteiger partial charge in [-0.2, -0.15) is 0 Å². The molecule has 3 rings (SSSR count). The van der Waals surface area contributed by atoms with Crippen molar-refractivity contribution in [3.05, 3.63) is 66.4 Å². The van der Waals surface area contributed by atoms with Crippen molar-refractivity contribution in [2.45, 2.75) is 19.4 Å². The van der Waals surface area contributed by atoms with Gasteiger partial charge in [0.25, 0.3) is 0 Å². The number of pyridine rings is 1. The topological polar surface area (TPSA) is 45.2 Å². The lowest BCUT2D eigenvalue weighted by molar-refractivity contribution is 0.476. The molecule has 0 amide bonds. The number of aromatic hydroxyl groups is 1. The number of aromatic nitrogens is 1. The van der Waals surface area contributed by atoms with Gasteiger partial charge >= 0.3 is 0 Å². The minimum atomic E-state index is 0.257. The molecule has 0 radical (unpaired) electrons. The SMILES string of the molecule is CC(Cc1ccccc1)Nc1nccc2ccc(O)cc12. The summed E-state index contributed by atoms with van der Waals surface area (Å²) in [6, 6.07) is 17.9. The molecule has 0 fully saturated rings. The zero-order chi connectivity index (χ0) is 14.7. The first-order valence-corrected chi connectivity index (χ1v) is 7.10. The van der Waals surface area contributed by atoms with Gasteiger partial charge in [0.05, 0.1) is 0 Å². The molecule has 0 spiro atoms. The lowest BCUT2D eigenvalue weighted by atomic mass is 10.1. The highest BCUT2D eigenvalue weighted by Crippen LogP contribution is 2.25. The highest BCUT2D eigenvalue weighted by Gasteiger charge is 2.08. The van der Waals surface area contributed by atoms with E-state index in [0.717, 1.165) is 23.0 Å². The average Bonchev–Trinajstić information content (AvgIpc) is 2.49. The Morgan fingerprint density at radius 2 is 1.90 bits per heavy atom. The molecule has 0 bridgehead atoms. The van der Waals surface area contributed by atoms with E-state index in [2.05, 4.69) is 41.5 Å². The molecule has 0 aliphatic carbocycles. The van der Waals surface area contributed by atoms with Gasteiger partial charge in [0.2, 0.25) is 0 Å². The maximum Gasteiger partial charge on any atom is 0.134 e. The van der Waals surface area contributed by atoms with Gasteiger partial charge in [-0.1, -0.05) is 36.4 Å². The lowest BCUT2D eigenvalue weighted by Crippen LogP contribution is -2.19. The molecule has 3 aromatic rings. The summed E-state index contributed by atoms with van der Waals surface area (Å²) in [5.41, 5.74) is 1.29. The van der Waals surface area contributed by atoms with E-state index in [-0.39, 0.29) is 11.8 Å². The standard InChI is InChI=1S/C18H18N2O/c1-13(11-14-5-3-2-4-6-14)20-18-17-12-16(21)8-7-15(17)9-10-19-18/h2-10,12-13,21H,11H2,1H3,(H,19,20). The van der Waals surface area contributed by atoms with Gasteiger partial charge in [-0.25, -0.2) is 4.98 Å². The molecule has 1 atom stereocenters. The molecule has 0 saturated carbocycles. The Hall–Kier alpha value is -2.55. The van der Waals surface area contributed by atoms with E-state index in [4.69, 9.17) is 0 Å². The van der Waals surface area contributed by atoms with Crippen LogP contribution in [0.3, 0.4) is 0 Å². The van der Waals surface area contributed by atoms with Gasteiger partial charge in [-0.3, -0.25) is 0 Å². The molecule has 3 heteroatoms. The van der Waals surface area contributed by atoms with E-state index < -0.39 is 0 Å². The van der Waals surface area contributed by atoms with Gasteiger partial charge in [-0.05, 0) is 42.5 Å². The molecular formula is C18H18N2O. The summed E-state index contributed by atoms with van der Waals surface area (Å²) < 4.78 is 0. The van der Waals surface area contributed by atoms with Crippen molar-refractivity contribution in [1.82, 2.24) is 4.98 Å². The van der Waals surface area contributed by atoms with E-state index >= 15 is 0 Å². The van der Waals surface area contributed by atoms with Crippen molar-refractivity contribution in [3.8, 4) is 5.75 Å². The fourth-order valence-electron chi connectivity index (χ4n) is 2.52. The Labute approximate surface area is 124 Å². The van der Waals surface area contributed by atoms with Crippen LogP contribution in [-0.2, 0) is 6.42 Å². The van der Waals surface area contributed by atoms with Crippen molar-refractivity contribution in [1.29, 1.82) is 0 Å². The van der Waals surface area contributed by atoms with Gasteiger partial charge in [-0.15, -0.1) is 0 Å². The quantitative estimate of drug-likeness (QED) is 0.758. The Morgan fingerprint density at radius 1 is 1.10 bits per heavy atom. The molecule has 1 heterocycles. The first kappa shape index (κ1) is 13.4. The van der Waals surface area contributed by atoms with Crippen molar-refractivity contribution in [2.75, 3.05) is 5.32 Å². The minimum absolute atomic E-state index is 0.257. The Bertz CT molecular complexity index is 741. The molecule has 0 saturated heterocycles.